The predicted octanol–water partition coefficient (Wildman–Crippen LogP) is 2.25. The van der Waals surface area contributed by atoms with Crippen molar-refractivity contribution < 1.29 is 4.74 Å². The van der Waals surface area contributed by atoms with Crippen molar-refractivity contribution in [3.63, 3.8) is 0 Å². The van der Waals surface area contributed by atoms with E-state index in [0.29, 0.717) is 6.10 Å². The van der Waals surface area contributed by atoms with E-state index in [-0.39, 0.29) is 0 Å². The second kappa shape index (κ2) is 6.87. The van der Waals surface area contributed by atoms with Crippen LogP contribution in [0.15, 0.2) is 42.7 Å². The van der Waals surface area contributed by atoms with Gasteiger partial charge in [0.05, 0.1) is 18.9 Å². The maximum absolute atomic E-state index is 5.91. The Morgan fingerprint density at radius 2 is 2.10 bits per heavy atom. The maximum Gasteiger partial charge on any atom is 0.0705 e. The second-order valence-electron chi connectivity index (χ2n) is 5.77. The molecule has 0 spiro atoms. The number of hydrogen-bond acceptors (Lipinski definition) is 3. The van der Waals surface area contributed by atoms with Gasteiger partial charge in [-0.25, -0.2) is 0 Å². The molecule has 4 nitrogen and oxygen atoms in total. The number of aryl methyl sites for hydroxylation is 2. The number of aromatic nitrogens is 2. The molecular formula is C17H23N3O. The fraction of sp³-hybridized carbons (Fsp3) is 0.471. The van der Waals surface area contributed by atoms with Gasteiger partial charge in [-0.15, -0.1) is 0 Å². The molecule has 0 unspecified atom stereocenters. The Morgan fingerprint density at radius 3 is 2.86 bits per heavy atom. The summed E-state index contributed by atoms with van der Waals surface area (Å²) in [6.07, 6.45) is 6.57. The van der Waals surface area contributed by atoms with E-state index in [1.54, 1.807) is 0 Å². The molecule has 1 atom stereocenters. The molecule has 2 aromatic rings. The number of ether oxygens (including phenoxy) is 1. The highest BCUT2D eigenvalue weighted by Gasteiger charge is 2.20. The topological polar surface area (TPSA) is 30.3 Å². The summed E-state index contributed by atoms with van der Waals surface area (Å²) < 4.78 is 7.77. The van der Waals surface area contributed by atoms with Crippen LogP contribution in [0, 0.1) is 0 Å². The highest BCUT2D eigenvalue weighted by molar-refractivity contribution is 5.14. The molecule has 0 saturated carbocycles. The van der Waals surface area contributed by atoms with Crippen LogP contribution < -0.4 is 0 Å². The van der Waals surface area contributed by atoms with E-state index in [2.05, 4.69) is 46.5 Å². The molecule has 0 radical (unpaired) electrons. The van der Waals surface area contributed by atoms with Crippen molar-refractivity contribution in [2.24, 2.45) is 7.05 Å². The van der Waals surface area contributed by atoms with Gasteiger partial charge < -0.3 is 4.74 Å². The van der Waals surface area contributed by atoms with Crippen molar-refractivity contribution in [1.82, 2.24) is 14.7 Å². The average molecular weight is 285 g/mol. The first-order chi connectivity index (χ1) is 10.3. The number of nitrogens with zero attached hydrogens (tertiary/aromatic N) is 3. The molecule has 1 saturated heterocycles. The van der Waals surface area contributed by atoms with Crippen LogP contribution in [0.3, 0.4) is 0 Å². The van der Waals surface area contributed by atoms with Gasteiger partial charge >= 0.3 is 0 Å². The van der Waals surface area contributed by atoms with Gasteiger partial charge in [-0.2, -0.15) is 5.10 Å². The zero-order valence-electron chi connectivity index (χ0n) is 12.6. The van der Waals surface area contributed by atoms with Gasteiger partial charge in [0.25, 0.3) is 0 Å². The number of morpholine rings is 1. The van der Waals surface area contributed by atoms with E-state index in [4.69, 9.17) is 4.74 Å². The van der Waals surface area contributed by atoms with E-state index in [9.17, 15) is 0 Å². The van der Waals surface area contributed by atoms with Crippen molar-refractivity contribution in [2.75, 3.05) is 19.7 Å². The standard InChI is InChI=1S/C17H23N3O/c1-19-12-16(11-18-19)13-20-9-10-21-17(14-20)8-7-15-5-3-2-4-6-15/h2-6,11-12,17H,7-10,13-14H2,1H3/t17-/m1/s1. The fourth-order valence-electron chi connectivity index (χ4n) is 2.88. The molecule has 112 valence electrons. The summed E-state index contributed by atoms with van der Waals surface area (Å²) in [6, 6.07) is 10.7. The van der Waals surface area contributed by atoms with Crippen LogP contribution in [0.1, 0.15) is 17.5 Å². The van der Waals surface area contributed by atoms with E-state index in [1.807, 2.05) is 17.9 Å². The lowest BCUT2D eigenvalue weighted by molar-refractivity contribution is -0.0345. The largest absolute Gasteiger partial charge is 0.376 e. The lowest BCUT2D eigenvalue weighted by Gasteiger charge is -2.32. The molecular weight excluding hydrogens is 262 g/mol. The Morgan fingerprint density at radius 1 is 1.24 bits per heavy atom. The Kier molecular flexibility index (Phi) is 4.68. The van der Waals surface area contributed by atoms with E-state index >= 15 is 0 Å². The summed E-state index contributed by atoms with van der Waals surface area (Å²) in [5.74, 6) is 0. The Labute approximate surface area is 126 Å². The first kappa shape index (κ1) is 14.3. The SMILES string of the molecule is Cn1cc(CN2CCO[C@H](CCc3ccccc3)C2)cn1. The first-order valence-electron chi connectivity index (χ1n) is 7.65. The van der Waals surface area contributed by atoms with Crippen LogP contribution in [0.25, 0.3) is 0 Å². The van der Waals surface area contributed by atoms with Gasteiger partial charge in [0.15, 0.2) is 0 Å². The molecule has 21 heavy (non-hydrogen) atoms. The summed E-state index contributed by atoms with van der Waals surface area (Å²) in [4.78, 5) is 2.47. The van der Waals surface area contributed by atoms with Crippen LogP contribution in [0.4, 0.5) is 0 Å². The zero-order valence-corrected chi connectivity index (χ0v) is 12.6. The summed E-state index contributed by atoms with van der Waals surface area (Å²) in [5.41, 5.74) is 2.67. The average Bonchev–Trinajstić information content (AvgIpc) is 2.92. The minimum atomic E-state index is 0.343. The first-order valence-corrected chi connectivity index (χ1v) is 7.65. The molecule has 4 heteroatoms. The lowest BCUT2D eigenvalue weighted by atomic mass is 10.1. The summed E-state index contributed by atoms with van der Waals surface area (Å²) in [7, 11) is 1.96. The van der Waals surface area contributed by atoms with Gasteiger partial charge in [0.2, 0.25) is 0 Å². The van der Waals surface area contributed by atoms with Crippen LogP contribution in [-0.4, -0.2) is 40.5 Å². The van der Waals surface area contributed by atoms with Crippen LogP contribution in [0.2, 0.25) is 0 Å². The third-order valence-electron chi connectivity index (χ3n) is 3.99. The fourth-order valence-corrected chi connectivity index (χ4v) is 2.88. The van der Waals surface area contributed by atoms with Crippen LogP contribution in [-0.2, 0) is 24.8 Å². The molecule has 1 aliphatic rings. The predicted molar refractivity (Wildman–Crippen MR) is 83.0 cm³/mol. The normalized spacial score (nSPS) is 19.8. The minimum Gasteiger partial charge on any atom is -0.376 e. The van der Waals surface area contributed by atoms with Gasteiger partial charge in [0, 0.05) is 38.4 Å². The molecule has 0 bridgehead atoms. The Bertz CT molecular complexity index is 552. The van der Waals surface area contributed by atoms with Gasteiger partial charge in [-0.1, -0.05) is 30.3 Å². The van der Waals surface area contributed by atoms with Crippen molar-refractivity contribution in [3.05, 3.63) is 53.9 Å². The summed E-state index contributed by atoms with van der Waals surface area (Å²) >= 11 is 0. The molecule has 0 N–H and O–H groups in total. The highest BCUT2D eigenvalue weighted by Crippen LogP contribution is 2.14. The molecule has 3 rings (SSSR count). The molecule has 1 aliphatic heterocycles. The zero-order chi connectivity index (χ0) is 14.5. The molecule has 1 aromatic carbocycles. The molecule has 1 aromatic heterocycles. The van der Waals surface area contributed by atoms with E-state index in [1.165, 1.54) is 11.1 Å². The summed E-state index contributed by atoms with van der Waals surface area (Å²) in [5, 5.41) is 4.24. The molecule has 0 amide bonds. The Hall–Kier alpha value is -1.65. The second-order valence-corrected chi connectivity index (χ2v) is 5.77. The quantitative estimate of drug-likeness (QED) is 0.844. The lowest BCUT2D eigenvalue weighted by Crippen LogP contribution is -2.42. The highest BCUT2D eigenvalue weighted by atomic mass is 16.5. The maximum atomic E-state index is 5.91. The van der Waals surface area contributed by atoms with Crippen LogP contribution in [0.5, 0.6) is 0 Å². The van der Waals surface area contributed by atoms with Gasteiger partial charge in [-0.05, 0) is 18.4 Å². The van der Waals surface area contributed by atoms with Crippen molar-refractivity contribution >= 4 is 0 Å². The summed E-state index contributed by atoms with van der Waals surface area (Å²) in [6.45, 7) is 3.83. The monoisotopic (exact) mass is 285 g/mol. The third kappa shape index (κ3) is 4.16. The van der Waals surface area contributed by atoms with Crippen LogP contribution >= 0.6 is 0 Å². The smallest absolute Gasteiger partial charge is 0.0705 e. The number of hydrogen-bond donors (Lipinski definition) is 0. The number of benzene rings is 1. The third-order valence-corrected chi connectivity index (χ3v) is 3.99. The molecule has 1 fully saturated rings. The van der Waals surface area contributed by atoms with Crippen molar-refractivity contribution in [2.45, 2.75) is 25.5 Å². The van der Waals surface area contributed by atoms with Gasteiger partial charge in [0.1, 0.15) is 0 Å². The van der Waals surface area contributed by atoms with E-state index in [0.717, 1.165) is 39.1 Å². The molecule has 0 aliphatic carbocycles. The molecule has 2 heterocycles. The number of rotatable bonds is 5. The Balaban J connectivity index is 1.49. The van der Waals surface area contributed by atoms with E-state index < -0.39 is 0 Å². The van der Waals surface area contributed by atoms with Crippen molar-refractivity contribution in [1.29, 1.82) is 0 Å². The minimum absolute atomic E-state index is 0.343. The van der Waals surface area contributed by atoms with Gasteiger partial charge in [-0.3, -0.25) is 9.58 Å². The van der Waals surface area contributed by atoms with Crippen molar-refractivity contribution in [3.8, 4) is 0 Å².